The summed E-state index contributed by atoms with van der Waals surface area (Å²) in [4.78, 5) is 33.6. The molecule has 2 aromatic heterocycles. The number of halogens is 1. The third kappa shape index (κ3) is 4.19. The molecular formula is C20H23FN6O2. The molecule has 0 radical (unpaired) electrons. The molecule has 0 atom stereocenters. The molecule has 1 amide bonds. The molecular weight excluding hydrogens is 375 g/mol. The first-order valence-electron chi connectivity index (χ1n) is 9.63. The summed E-state index contributed by atoms with van der Waals surface area (Å²) in [6.07, 6.45) is 3.73. The topological polar surface area (TPSA) is 76.3 Å². The van der Waals surface area contributed by atoms with Crippen molar-refractivity contribution in [1.29, 1.82) is 0 Å². The smallest absolute Gasteiger partial charge is 0.264 e. The summed E-state index contributed by atoms with van der Waals surface area (Å²) in [5, 5.41) is 4.45. The monoisotopic (exact) mass is 398 g/mol. The lowest BCUT2D eigenvalue weighted by atomic mass is 10.2. The van der Waals surface area contributed by atoms with Gasteiger partial charge in [-0.2, -0.15) is 5.10 Å². The summed E-state index contributed by atoms with van der Waals surface area (Å²) in [7, 11) is 1.72. The van der Waals surface area contributed by atoms with Gasteiger partial charge in [-0.15, -0.1) is 0 Å². The molecule has 1 aliphatic heterocycles. The van der Waals surface area contributed by atoms with E-state index in [1.54, 1.807) is 24.1 Å². The van der Waals surface area contributed by atoms with Gasteiger partial charge in [0.15, 0.2) is 5.65 Å². The van der Waals surface area contributed by atoms with Crippen molar-refractivity contribution in [2.45, 2.75) is 19.5 Å². The van der Waals surface area contributed by atoms with Gasteiger partial charge >= 0.3 is 0 Å². The van der Waals surface area contributed by atoms with Crippen LogP contribution in [0.3, 0.4) is 0 Å². The second-order valence-corrected chi connectivity index (χ2v) is 7.32. The summed E-state index contributed by atoms with van der Waals surface area (Å²) in [6.45, 7) is 3.54. The Balaban J connectivity index is 1.39. The van der Waals surface area contributed by atoms with Crippen LogP contribution in [0.25, 0.3) is 11.0 Å². The second kappa shape index (κ2) is 8.12. The van der Waals surface area contributed by atoms with Crippen LogP contribution in [0, 0.1) is 5.82 Å². The van der Waals surface area contributed by atoms with Gasteiger partial charge in [0, 0.05) is 39.8 Å². The van der Waals surface area contributed by atoms with Crippen LogP contribution in [-0.2, 0) is 24.9 Å². The van der Waals surface area contributed by atoms with E-state index in [0.717, 1.165) is 31.6 Å². The van der Waals surface area contributed by atoms with Gasteiger partial charge in [0.25, 0.3) is 5.56 Å². The maximum absolute atomic E-state index is 13.1. The van der Waals surface area contributed by atoms with Crippen molar-refractivity contribution in [2.24, 2.45) is 7.05 Å². The molecule has 1 fully saturated rings. The van der Waals surface area contributed by atoms with Crippen molar-refractivity contribution >= 4 is 16.9 Å². The Kier molecular flexibility index (Phi) is 5.39. The summed E-state index contributed by atoms with van der Waals surface area (Å²) in [6, 6.07) is 6.51. The third-order valence-corrected chi connectivity index (χ3v) is 5.28. The summed E-state index contributed by atoms with van der Waals surface area (Å²) in [5.41, 5.74) is 1.29. The van der Waals surface area contributed by atoms with Crippen LogP contribution in [0.5, 0.6) is 0 Å². The van der Waals surface area contributed by atoms with Crippen LogP contribution in [-0.4, -0.2) is 61.2 Å². The van der Waals surface area contributed by atoms with E-state index in [2.05, 4.69) is 15.0 Å². The fraction of sp³-hybridized carbons (Fsp3) is 0.400. The largest absolute Gasteiger partial charge is 0.340 e. The predicted octanol–water partition coefficient (Wildman–Crippen LogP) is 1.00. The Morgan fingerprint density at radius 1 is 1.14 bits per heavy atom. The zero-order chi connectivity index (χ0) is 20.4. The number of aromatic nitrogens is 4. The van der Waals surface area contributed by atoms with E-state index in [1.165, 1.54) is 33.9 Å². The predicted molar refractivity (Wildman–Crippen MR) is 106 cm³/mol. The number of hydrogen-bond donors (Lipinski definition) is 0. The second-order valence-electron chi connectivity index (χ2n) is 7.32. The highest BCUT2D eigenvalue weighted by Crippen LogP contribution is 2.11. The van der Waals surface area contributed by atoms with Gasteiger partial charge in [0.05, 0.1) is 6.20 Å². The van der Waals surface area contributed by atoms with Gasteiger partial charge in [-0.25, -0.2) is 9.37 Å². The van der Waals surface area contributed by atoms with E-state index < -0.39 is 0 Å². The van der Waals surface area contributed by atoms with Crippen LogP contribution in [0.2, 0.25) is 0 Å². The molecule has 3 aromatic rings. The minimum Gasteiger partial charge on any atom is -0.340 e. The Bertz CT molecular complexity index is 1070. The van der Waals surface area contributed by atoms with Crippen molar-refractivity contribution in [3.8, 4) is 0 Å². The van der Waals surface area contributed by atoms with E-state index >= 15 is 0 Å². The number of carbonyl (C=O) groups is 1. The summed E-state index contributed by atoms with van der Waals surface area (Å²) < 4.78 is 15.9. The SMILES string of the molecule is Cn1ncc2c(=O)n(CC(=O)N3CCCN(Cc4ccc(F)cc4)CC3)cnc21. The molecule has 0 N–H and O–H groups in total. The maximum atomic E-state index is 13.1. The normalized spacial score (nSPS) is 15.6. The van der Waals surface area contributed by atoms with E-state index in [-0.39, 0.29) is 23.8 Å². The average molecular weight is 398 g/mol. The highest BCUT2D eigenvalue weighted by molar-refractivity contribution is 5.77. The number of rotatable bonds is 4. The van der Waals surface area contributed by atoms with Gasteiger partial charge in [-0.1, -0.05) is 12.1 Å². The Morgan fingerprint density at radius 2 is 1.93 bits per heavy atom. The number of aryl methyl sites for hydroxylation is 1. The first-order chi connectivity index (χ1) is 14.0. The Hall–Kier alpha value is -3.07. The number of amides is 1. The highest BCUT2D eigenvalue weighted by atomic mass is 19.1. The van der Waals surface area contributed by atoms with Crippen molar-refractivity contribution < 1.29 is 9.18 Å². The first-order valence-corrected chi connectivity index (χ1v) is 9.63. The number of hydrogen-bond acceptors (Lipinski definition) is 5. The van der Waals surface area contributed by atoms with Gasteiger partial charge < -0.3 is 4.90 Å². The first kappa shape index (κ1) is 19.3. The number of benzene rings is 1. The molecule has 1 aromatic carbocycles. The van der Waals surface area contributed by atoms with E-state index in [0.29, 0.717) is 24.1 Å². The van der Waals surface area contributed by atoms with Crippen LogP contribution in [0.15, 0.2) is 41.6 Å². The minimum atomic E-state index is -0.260. The maximum Gasteiger partial charge on any atom is 0.264 e. The molecule has 29 heavy (non-hydrogen) atoms. The lowest BCUT2D eigenvalue weighted by Gasteiger charge is -2.22. The van der Waals surface area contributed by atoms with Crippen molar-refractivity contribution in [1.82, 2.24) is 29.1 Å². The van der Waals surface area contributed by atoms with Crippen molar-refractivity contribution in [2.75, 3.05) is 26.2 Å². The molecule has 0 bridgehead atoms. The number of nitrogens with zero attached hydrogens (tertiary/aromatic N) is 6. The zero-order valence-electron chi connectivity index (χ0n) is 16.3. The molecule has 0 spiro atoms. The van der Waals surface area contributed by atoms with E-state index in [9.17, 15) is 14.0 Å². The van der Waals surface area contributed by atoms with E-state index in [1.807, 2.05) is 0 Å². The molecule has 0 unspecified atom stereocenters. The van der Waals surface area contributed by atoms with Crippen LogP contribution in [0.1, 0.15) is 12.0 Å². The zero-order valence-corrected chi connectivity index (χ0v) is 16.3. The molecule has 0 saturated carbocycles. The van der Waals surface area contributed by atoms with Crippen molar-refractivity contribution in [3.05, 3.63) is 58.5 Å². The summed E-state index contributed by atoms with van der Waals surface area (Å²) in [5.74, 6) is -0.337. The molecule has 4 rings (SSSR count). The molecule has 9 heteroatoms. The molecule has 8 nitrogen and oxygen atoms in total. The molecule has 152 valence electrons. The standard InChI is InChI=1S/C20H23FN6O2/c1-24-19-17(11-23-24)20(29)27(14-22-19)13-18(28)26-8-2-7-25(9-10-26)12-15-3-5-16(21)6-4-15/h3-6,11,14H,2,7-10,12-13H2,1H3. The summed E-state index contributed by atoms with van der Waals surface area (Å²) >= 11 is 0. The lowest BCUT2D eigenvalue weighted by molar-refractivity contribution is -0.131. The fourth-order valence-corrected chi connectivity index (χ4v) is 3.65. The van der Waals surface area contributed by atoms with Crippen molar-refractivity contribution in [3.63, 3.8) is 0 Å². The average Bonchev–Trinajstić information content (AvgIpc) is 2.94. The van der Waals surface area contributed by atoms with Gasteiger partial charge in [0.2, 0.25) is 5.91 Å². The minimum absolute atomic E-state index is 0.0331. The van der Waals surface area contributed by atoms with Gasteiger partial charge in [0.1, 0.15) is 24.1 Å². The lowest BCUT2D eigenvalue weighted by Crippen LogP contribution is -2.39. The van der Waals surface area contributed by atoms with Gasteiger partial charge in [-0.05, 0) is 24.1 Å². The van der Waals surface area contributed by atoms with Crippen LogP contribution < -0.4 is 5.56 Å². The number of carbonyl (C=O) groups excluding carboxylic acids is 1. The van der Waals surface area contributed by atoms with E-state index in [4.69, 9.17) is 0 Å². The molecule has 3 heterocycles. The van der Waals surface area contributed by atoms with Crippen LogP contribution in [0.4, 0.5) is 4.39 Å². The molecule has 1 aliphatic rings. The van der Waals surface area contributed by atoms with Gasteiger partial charge in [-0.3, -0.25) is 23.7 Å². The third-order valence-electron chi connectivity index (χ3n) is 5.28. The molecule has 1 saturated heterocycles. The van der Waals surface area contributed by atoms with Crippen LogP contribution >= 0.6 is 0 Å². The molecule has 0 aliphatic carbocycles. The quantitative estimate of drug-likeness (QED) is 0.656. The fourth-order valence-electron chi connectivity index (χ4n) is 3.65. The number of fused-ring (bicyclic) bond motifs is 1. The highest BCUT2D eigenvalue weighted by Gasteiger charge is 2.20. The Labute approximate surface area is 167 Å². The Morgan fingerprint density at radius 3 is 2.72 bits per heavy atom.